The Morgan fingerprint density at radius 2 is 2.25 bits per heavy atom. The molecule has 0 amide bonds. The average molecular weight is 261 g/mol. The number of hydrogen-bond donors (Lipinski definition) is 1. The Hall–Kier alpha value is -0.510. The molecule has 5 heteroatoms. The molecule has 1 saturated carbocycles. The molecule has 0 atom stereocenters. The second-order valence-electron chi connectivity index (χ2n) is 3.93. The van der Waals surface area contributed by atoms with E-state index in [4.69, 9.17) is 27.9 Å². The van der Waals surface area contributed by atoms with Crippen LogP contribution in [0.4, 0.5) is 5.82 Å². The van der Waals surface area contributed by atoms with Crippen molar-refractivity contribution in [3.8, 4) is 0 Å². The predicted molar refractivity (Wildman–Crippen MR) is 66.3 cm³/mol. The van der Waals surface area contributed by atoms with Gasteiger partial charge < -0.3 is 10.1 Å². The highest BCUT2D eigenvalue weighted by Crippen LogP contribution is 2.28. The van der Waals surface area contributed by atoms with Gasteiger partial charge in [-0.3, -0.25) is 0 Å². The van der Waals surface area contributed by atoms with Gasteiger partial charge in [-0.1, -0.05) is 23.2 Å². The number of pyridine rings is 1. The van der Waals surface area contributed by atoms with Crippen molar-refractivity contribution in [3.63, 3.8) is 0 Å². The molecule has 1 aliphatic carbocycles. The molecule has 0 radical (unpaired) electrons. The molecule has 3 nitrogen and oxygen atoms in total. The first-order chi connectivity index (χ1) is 7.75. The summed E-state index contributed by atoms with van der Waals surface area (Å²) < 4.78 is 5.48. The van der Waals surface area contributed by atoms with Crippen LogP contribution in [-0.2, 0) is 4.74 Å². The zero-order valence-corrected chi connectivity index (χ0v) is 10.4. The van der Waals surface area contributed by atoms with Crippen molar-refractivity contribution < 1.29 is 4.74 Å². The Morgan fingerprint density at radius 1 is 1.44 bits per heavy atom. The number of halogens is 2. The standard InChI is InChI=1S/C11H14Cl2N2O/c12-9-5-10(13)11(15-6-9)14-3-4-16-7-8-1-2-8/h5-6,8H,1-4,7H2,(H,14,15). The number of aromatic nitrogens is 1. The summed E-state index contributed by atoms with van der Waals surface area (Å²) in [5.41, 5.74) is 0. The SMILES string of the molecule is Clc1cnc(NCCOCC2CC2)c(Cl)c1. The molecule has 0 aromatic carbocycles. The first-order valence-corrected chi connectivity index (χ1v) is 6.14. The fraction of sp³-hybridized carbons (Fsp3) is 0.545. The molecule has 0 saturated heterocycles. The van der Waals surface area contributed by atoms with Crippen LogP contribution in [0.1, 0.15) is 12.8 Å². The van der Waals surface area contributed by atoms with Gasteiger partial charge in [0.1, 0.15) is 5.82 Å². The van der Waals surface area contributed by atoms with E-state index < -0.39 is 0 Å². The second kappa shape index (κ2) is 5.71. The quantitative estimate of drug-likeness (QED) is 0.798. The predicted octanol–water partition coefficient (Wildman–Crippen LogP) is 3.23. The summed E-state index contributed by atoms with van der Waals surface area (Å²) in [7, 11) is 0. The number of nitrogens with one attached hydrogen (secondary N) is 1. The van der Waals surface area contributed by atoms with Crippen molar-refractivity contribution in [3.05, 3.63) is 22.3 Å². The van der Waals surface area contributed by atoms with E-state index in [9.17, 15) is 0 Å². The van der Waals surface area contributed by atoms with Gasteiger partial charge >= 0.3 is 0 Å². The summed E-state index contributed by atoms with van der Waals surface area (Å²) in [5.74, 6) is 1.46. The van der Waals surface area contributed by atoms with Crippen LogP contribution in [0.25, 0.3) is 0 Å². The Labute approximate surface area is 105 Å². The fourth-order valence-electron chi connectivity index (χ4n) is 1.32. The summed E-state index contributed by atoms with van der Waals surface area (Å²) in [4.78, 5) is 4.09. The number of anilines is 1. The molecule has 0 unspecified atom stereocenters. The average Bonchev–Trinajstić information content (AvgIpc) is 3.04. The minimum absolute atomic E-state index is 0.537. The normalized spacial score (nSPS) is 15.1. The van der Waals surface area contributed by atoms with Gasteiger partial charge in [0.2, 0.25) is 0 Å². The molecule has 1 aromatic heterocycles. The minimum Gasteiger partial charge on any atom is -0.379 e. The first-order valence-electron chi connectivity index (χ1n) is 5.38. The van der Waals surface area contributed by atoms with Gasteiger partial charge in [0, 0.05) is 19.3 Å². The van der Waals surface area contributed by atoms with Crippen LogP contribution < -0.4 is 5.32 Å². The Morgan fingerprint density at radius 3 is 2.94 bits per heavy atom. The van der Waals surface area contributed by atoms with Crippen LogP contribution in [0.2, 0.25) is 10.0 Å². The van der Waals surface area contributed by atoms with E-state index in [0.717, 1.165) is 12.5 Å². The molecule has 0 bridgehead atoms. The van der Waals surface area contributed by atoms with Crippen LogP contribution in [0, 0.1) is 5.92 Å². The van der Waals surface area contributed by atoms with Gasteiger partial charge in [0.25, 0.3) is 0 Å². The molecule has 1 aromatic rings. The highest BCUT2D eigenvalue weighted by Gasteiger charge is 2.20. The van der Waals surface area contributed by atoms with Crippen molar-refractivity contribution in [1.29, 1.82) is 0 Å². The maximum absolute atomic E-state index is 5.95. The lowest BCUT2D eigenvalue weighted by molar-refractivity contribution is 0.134. The molecule has 2 rings (SSSR count). The van der Waals surface area contributed by atoms with Gasteiger partial charge in [-0.25, -0.2) is 4.98 Å². The maximum Gasteiger partial charge on any atom is 0.144 e. The lowest BCUT2D eigenvalue weighted by Crippen LogP contribution is -2.11. The van der Waals surface area contributed by atoms with Crippen molar-refractivity contribution in [2.45, 2.75) is 12.8 Å². The first kappa shape index (κ1) is 12.0. The molecule has 1 fully saturated rings. The van der Waals surface area contributed by atoms with E-state index in [1.54, 1.807) is 12.3 Å². The second-order valence-corrected chi connectivity index (χ2v) is 4.77. The largest absolute Gasteiger partial charge is 0.379 e. The van der Waals surface area contributed by atoms with Crippen LogP contribution in [0.3, 0.4) is 0 Å². The van der Waals surface area contributed by atoms with E-state index in [0.29, 0.717) is 29.0 Å². The lowest BCUT2D eigenvalue weighted by atomic mass is 10.4. The van der Waals surface area contributed by atoms with E-state index >= 15 is 0 Å². The van der Waals surface area contributed by atoms with Gasteiger partial charge in [-0.2, -0.15) is 0 Å². The molecule has 0 spiro atoms. The molecular formula is C11H14Cl2N2O. The summed E-state index contributed by atoms with van der Waals surface area (Å²) in [5, 5.41) is 4.19. The third-order valence-corrected chi connectivity index (χ3v) is 2.89. The van der Waals surface area contributed by atoms with Gasteiger partial charge in [0.15, 0.2) is 0 Å². The summed E-state index contributed by atoms with van der Waals surface area (Å²) >= 11 is 11.7. The molecule has 0 aliphatic heterocycles. The molecule has 16 heavy (non-hydrogen) atoms. The van der Waals surface area contributed by atoms with Crippen LogP contribution >= 0.6 is 23.2 Å². The Bertz CT molecular complexity index is 356. The van der Waals surface area contributed by atoms with E-state index in [1.165, 1.54) is 12.8 Å². The third-order valence-electron chi connectivity index (χ3n) is 2.40. The van der Waals surface area contributed by atoms with Gasteiger partial charge in [0.05, 0.1) is 16.7 Å². The minimum atomic E-state index is 0.537. The van der Waals surface area contributed by atoms with Crippen molar-refractivity contribution in [1.82, 2.24) is 4.98 Å². The fourth-order valence-corrected chi connectivity index (χ4v) is 1.77. The van der Waals surface area contributed by atoms with Crippen LogP contribution in [-0.4, -0.2) is 24.7 Å². The van der Waals surface area contributed by atoms with E-state index in [1.807, 2.05) is 0 Å². The smallest absolute Gasteiger partial charge is 0.144 e. The Balaban J connectivity index is 1.67. The molecule has 1 heterocycles. The number of nitrogens with zero attached hydrogens (tertiary/aromatic N) is 1. The van der Waals surface area contributed by atoms with E-state index in [-0.39, 0.29) is 0 Å². The number of hydrogen-bond acceptors (Lipinski definition) is 3. The van der Waals surface area contributed by atoms with Crippen LogP contribution in [0.15, 0.2) is 12.3 Å². The number of ether oxygens (including phenoxy) is 1. The van der Waals surface area contributed by atoms with Crippen LogP contribution in [0.5, 0.6) is 0 Å². The number of rotatable bonds is 6. The highest BCUT2D eigenvalue weighted by atomic mass is 35.5. The zero-order valence-electron chi connectivity index (χ0n) is 8.88. The van der Waals surface area contributed by atoms with Gasteiger partial charge in [-0.15, -0.1) is 0 Å². The summed E-state index contributed by atoms with van der Waals surface area (Å²) in [6, 6.07) is 1.67. The van der Waals surface area contributed by atoms with Gasteiger partial charge in [-0.05, 0) is 24.8 Å². The van der Waals surface area contributed by atoms with Crippen molar-refractivity contribution in [2.24, 2.45) is 5.92 Å². The Kier molecular flexibility index (Phi) is 4.27. The topological polar surface area (TPSA) is 34.2 Å². The summed E-state index contributed by atoms with van der Waals surface area (Å²) in [6.07, 6.45) is 4.21. The monoisotopic (exact) mass is 260 g/mol. The zero-order chi connectivity index (χ0) is 11.4. The maximum atomic E-state index is 5.95. The molecular weight excluding hydrogens is 247 g/mol. The molecule has 88 valence electrons. The van der Waals surface area contributed by atoms with Crippen molar-refractivity contribution in [2.75, 3.05) is 25.1 Å². The van der Waals surface area contributed by atoms with E-state index in [2.05, 4.69) is 10.3 Å². The van der Waals surface area contributed by atoms with Crippen molar-refractivity contribution >= 4 is 29.0 Å². The summed E-state index contributed by atoms with van der Waals surface area (Å²) in [6.45, 7) is 2.27. The third kappa shape index (κ3) is 3.81. The highest BCUT2D eigenvalue weighted by molar-refractivity contribution is 6.35. The molecule has 1 aliphatic rings. The lowest BCUT2D eigenvalue weighted by Gasteiger charge is -2.07. The molecule has 1 N–H and O–H groups in total.